The second kappa shape index (κ2) is 10.9. The summed E-state index contributed by atoms with van der Waals surface area (Å²) in [5, 5.41) is 7.77. The van der Waals surface area contributed by atoms with Gasteiger partial charge in [0.1, 0.15) is 6.04 Å². The van der Waals surface area contributed by atoms with Gasteiger partial charge in [-0.2, -0.15) is 0 Å². The van der Waals surface area contributed by atoms with Gasteiger partial charge in [-0.25, -0.2) is 0 Å². The molecule has 0 spiro atoms. The average Bonchev–Trinajstić information content (AvgIpc) is 2.72. The molecular weight excluding hydrogens is 374 g/mol. The number of anilines is 1. The van der Waals surface area contributed by atoms with E-state index in [1.807, 2.05) is 39.0 Å². The molecule has 2 rings (SSSR count). The first-order valence-electron chi connectivity index (χ1n) is 10.8. The van der Waals surface area contributed by atoms with E-state index in [-0.39, 0.29) is 30.4 Å². The number of hydrogen-bond acceptors (Lipinski definition) is 2. The highest BCUT2D eigenvalue weighted by Gasteiger charge is 2.26. The molecule has 0 unspecified atom stereocenters. The van der Waals surface area contributed by atoms with Crippen molar-refractivity contribution in [3.63, 3.8) is 0 Å². The maximum Gasteiger partial charge on any atom is 0.278 e. The fourth-order valence-electron chi connectivity index (χ4n) is 3.62. The minimum Gasteiger partial charge on any atom is -0.342 e. The summed E-state index contributed by atoms with van der Waals surface area (Å²) in [5.74, 6) is 0.0195. The molecule has 2 aromatic rings. The summed E-state index contributed by atoms with van der Waals surface area (Å²) < 4.78 is 0. The molecule has 0 heterocycles. The molecule has 4 N–H and O–H groups in total. The van der Waals surface area contributed by atoms with Crippen LogP contribution < -0.4 is 16.0 Å². The summed E-state index contributed by atoms with van der Waals surface area (Å²) in [5.41, 5.74) is 5.35. The topological polar surface area (TPSA) is 74.8 Å². The second-order valence-corrected chi connectivity index (χ2v) is 8.38. The fraction of sp³-hybridized carbons (Fsp3) is 0.440. The van der Waals surface area contributed by atoms with Crippen molar-refractivity contribution >= 4 is 17.5 Å². The number of benzene rings is 2. The van der Waals surface area contributed by atoms with Gasteiger partial charge in [-0.15, -0.1) is 0 Å². The van der Waals surface area contributed by atoms with Crippen LogP contribution in [-0.2, 0) is 16.0 Å². The van der Waals surface area contributed by atoms with Crippen molar-refractivity contribution in [1.82, 2.24) is 5.32 Å². The number of para-hydroxylation sites is 1. The van der Waals surface area contributed by atoms with Crippen LogP contribution >= 0.6 is 0 Å². The first-order chi connectivity index (χ1) is 14.2. The summed E-state index contributed by atoms with van der Waals surface area (Å²) in [4.78, 5) is 24.9. The van der Waals surface area contributed by atoms with Gasteiger partial charge in [-0.05, 0) is 43.9 Å². The molecule has 5 nitrogen and oxygen atoms in total. The van der Waals surface area contributed by atoms with Crippen LogP contribution in [0.1, 0.15) is 56.0 Å². The van der Waals surface area contributed by atoms with E-state index in [1.165, 1.54) is 11.1 Å². The Hall–Kier alpha value is -2.66. The average molecular weight is 411 g/mol. The number of quaternary nitrogens is 1. The van der Waals surface area contributed by atoms with Crippen LogP contribution in [0, 0.1) is 19.8 Å². The van der Waals surface area contributed by atoms with Crippen molar-refractivity contribution < 1.29 is 14.9 Å². The van der Waals surface area contributed by atoms with Crippen molar-refractivity contribution in [2.45, 2.75) is 60.0 Å². The Morgan fingerprint density at radius 2 is 1.57 bits per heavy atom. The molecule has 0 radical (unpaired) electrons. The number of carbonyl (C=O) groups excluding carboxylic acids is 2. The minimum absolute atomic E-state index is 0.0394. The van der Waals surface area contributed by atoms with E-state index in [9.17, 15) is 9.59 Å². The van der Waals surface area contributed by atoms with Crippen LogP contribution in [0.4, 0.5) is 5.69 Å². The SMILES string of the molecule is CCc1ccc([C@H]([NH2+][C@@H](C)C(=O)NCC(=O)Nc2c(C)cccc2C)C(C)C)cc1. The Kier molecular flexibility index (Phi) is 8.60. The smallest absolute Gasteiger partial charge is 0.278 e. The molecule has 162 valence electrons. The molecule has 0 bridgehead atoms. The van der Waals surface area contributed by atoms with Crippen molar-refractivity contribution in [1.29, 1.82) is 0 Å². The molecule has 30 heavy (non-hydrogen) atoms. The highest BCUT2D eigenvalue weighted by molar-refractivity contribution is 5.96. The molecule has 0 aliphatic carbocycles. The first-order valence-corrected chi connectivity index (χ1v) is 10.8. The third-order valence-corrected chi connectivity index (χ3v) is 5.57. The molecule has 0 fully saturated rings. The number of rotatable bonds is 9. The second-order valence-electron chi connectivity index (χ2n) is 8.38. The van der Waals surface area contributed by atoms with Crippen molar-refractivity contribution in [3.8, 4) is 0 Å². The molecule has 0 aromatic heterocycles. The van der Waals surface area contributed by atoms with Crippen molar-refractivity contribution in [2.24, 2.45) is 5.92 Å². The van der Waals surface area contributed by atoms with Crippen LogP contribution in [0.15, 0.2) is 42.5 Å². The highest BCUT2D eigenvalue weighted by Crippen LogP contribution is 2.20. The Morgan fingerprint density at radius 3 is 2.10 bits per heavy atom. The number of hydrogen-bond donors (Lipinski definition) is 3. The van der Waals surface area contributed by atoms with Gasteiger partial charge in [0.15, 0.2) is 6.04 Å². The van der Waals surface area contributed by atoms with E-state index in [0.29, 0.717) is 5.92 Å². The maximum atomic E-state index is 12.6. The van der Waals surface area contributed by atoms with E-state index < -0.39 is 0 Å². The van der Waals surface area contributed by atoms with Crippen LogP contribution in [0.3, 0.4) is 0 Å². The molecule has 2 aromatic carbocycles. The van der Waals surface area contributed by atoms with Gasteiger partial charge in [0.05, 0.1) is 6.54 Å². The molecule has 0 saturated heterocycles. The predicted molar refractivity (Wildman–Crippen MR) is 122 cm³/mol. The normalized spacial score (nSPS) is 13.0. The van der Waals surface area contributed by atoms with E-state index >= 15 is 0 Å². The number of nitrogens with two attached hydrogens (primary N) is 1. The summed E-state index contributed by atoms with van der Waals surface area (Å²) in [6.45, 7) is 12.2. The van der Waals surface area contributed by atoms with Gasteiger partial charge in [0, 0.05) is 17.2 Å². The Labute approximate surface area is 180 Å². The molecule has 0 aliphatic heterocycles. The quantitative estimate of drug-likeness (QED) is 0.593. The molecular formula is C25H36N3O2+. The predicted octanol–water partition coefficient (Wildman–Crippen LogP) is 3.27. The third kappa shape index (κ3) is 6.42. The highest BCUT2D eigenvalue weighted by atomic mass is 16.2. The molecule has 5 heteroatoms. The van der Waals surface area contributed by atoms with Gasteiger partial charge < -0.3 is 16.0 Å². The number of carbonyl (C=O) groups is 2. The lowest BCUT2D eigenvalue weighted by molar-refractivity contribution is -0.719. The summed E-state index contributed by atoms with van der Waals surface area (Å²) in [6, 6.07) is 14.4. The Bertz CT molecular complexity index is 839. The van der Waals surface area contributed by atoms with Crippen LogP contribution in [-0.4, -0.2) is 24.4 Å². The van der Waals surface area contributed by atoms with Crippen LogP contribution in [0.5, 0.6) is 0 Å². The number of amides is 2. The minimum atomic E-state index is -0.295. The third-order valence-electron chi connectivity index (χ3n) is 5.57. The van der Waals surface area contributed by atoms with Gasteiger partial charge in [0.2, 0.25) is 5.91 Å². The van der Waals surface area contributed by atoms with Crippen LogP contribution in [0.25, 0.3) is 0 Å². The van der Waals surface area contributed by atoms with Crippen molar-refractivity contribution in [3.05, 3.63) is 64.7 Å². The summed E-state index contributed by atoms with van der Waals surface area (Å²) in [7, 11) is 0. The zero-order chi connectivity index (χ0) is 22.3. The summed E-state index contributed by atoms with van der Waals surface area (Å²) >= 11 is 0. The first kappa shape index (κ1) is 23.6. The van der Waals surface area contributed by atoms with Gasteiger partial charge in [-0.3, -0.25) is 9.59 Å². The van der Waals surface area contributed by atoms with E-state index in [0.717, 1.165) is 23.2 Å². The lowest BCUT2D eigenvalue weighted by Gasteiger charge is -2.23. The lowest BCUT2D eigenvalue weighted by Crippen LogP contribution is -2.93. The number of aryl methyl sites for hydroxylation is 3. The van der Waals surface area contributed by atoms with Crippen LogP contribution in [0.2, 0.25) is 0 Å². The van der Waals surface area contributed by atoms with E-state index in [2.05, 4.69) is 61.0 Å². The van der Waals surface area contributed by atoms with Crippen molar-refractivity contribution in [2.75, 3.05) is 11.9 Å². The maximum absolute atomic E-state index is 12.6. The molecule has 2 atom stereocenters. The Morgan fingerprint density at radius 1 is 0.967 bits per heavy atom. The fourth-order valence-corrected chi connectivity index (χ4v) is 3.62. The lowest BCUT2D eigenvalue weighted by atomic mass is 9.94. The molecule has 2 amide bonds. The van der Waals surface area contributed by atoms with Gasteiger partial charge in [0.25, 0.3) is 5.91 Å². The van der Waals surface area contributed by atoms with E-state index in [1.54, 1.807) is 0 Å². The Balaban J connectivity index is 1.92. The van der Waals surface area contributed by atoms with E-state index in [4.69, 9.17) is 0 Å². The molecule has 0 aliphatic rings. The zero-order valence-electron chi connectivity index (χ0n) is 19.1. The largest absolute Gasteiger partial charge is 0.342 e. The molecule has 0 saturated carbocycles. The number of nitrogens with one attached hydrogen (secondary N) is 2. The van der Waals surface area contributed by atoms with Gasteiger partial charge >= 0.3 is 0 Å². The standard InChI is InChI=1S/C25H35N3O2/c1-7-20-11-13-21(14-12-20)23(16(2)3)27-19(6)25(30)26-15-22(29)28-24-17(4)9-8-10-18(24)5/h8-14,16,19,23,27H,7,15H2,1-6H3,(H,26,30)(H,28,29)/p+1/t19-,23+/m0/s1. The summed E-state index contributed by atoms with van der Waals surface area (Å²) in [6.07, 6.45) is 1.01. The zero-order valence-corrected chi connectivity index (χ0v) is 19.1. The van der Waals surface area contributed by atoms with Gasteiger partial charge in [-0.1, -0.05) is 63.2 Å². The monoisotopic (exact) mass is 410 g/mol.